The third-order valence-corrected chi connectivity index (χ3v) is 4.46. The van der Waals surface area contributed by atoms with E-state index < -0.39 is 12.3 Å². The van der Waals surface area contributed by atoms with Crippen LogP contribution in [0.1, 0.15) is 12.0 Å². The molecule has 0 radical (unpaired) electrons. The van der Waals surface area contributed by atoms with Crippen LogP contribution in [0.15, 0.2) is 18.2 Å². The molecule has 0 spiro atoms. The summed E-state index contributed by atoms with van der Waals surface area (Å²) in [5.41, 5.74) is 2.16. The summed E-state index contributed by atoms with van der Waals surface area (Å²) in [6.07, 6.45) is -1.65. The summed E-state index contributed by atoms with van der Waals surface area (Å²) in [5, 5.41) is 0.874. The zero-order valence-electron chi connectivity index (χ0n) is 10.1. The van der Waals surface area contributed by atoms with Crippen LogP contribution in [0.4, 0.5) is 13.9 Å². The Morgan fingerprint density at radius 3 is 3.00 bits per heavy atom. The number of hydrogen-bond acceptors (Lipinski definition) is 3. The zero-order chi connectivity index (χ0) is 12.7. The zero-order valence-corrected chi connectivity index (χ0v) is 10.9. The summed E-state index contributed by atoms with van der Waals surface area (Å²) in [5.74, 6) is -0.501. The first-order valence-corrected chi connectivity index (χ1v) is 6.85. The van der Waals surface area contributed by atoms with Gasteiger partial charge in [-0.3, -0.25) is 0 Å². The SMILES string of the molecule is Cc1ccc2nc(N3CCC(C(F)F)C3)sc2c1. The van der Waals surface area contributed by atoms with Gasteiger partial charge in [0.2, 0.25) is 6.43 Å². The van der Waals surface area contributed by atoms with Crippen LogP contribution in [0.25, 0.3) is 10.2 Å². The first-order valence-electron chi connectivity index (χ1n) is 6.04. The average Bonchev–Trinajstić information content (AvgIpc) is 2.93. The first kappa shape index (κ1) is 11.8. The summed E-state index contributed by atoms with van der Waals surface area (Å²) in [6, 6.07) is 6.11. The van der Waals surface area contributed by atoms with Gasteiger partial charge in [-0.2, -0.15) is 0 Å². The molecule has 1 saturated heterocycles. The molecular weight excluding hydrogens is 254 g/mol. The van der Waals surface area contributed by atoms with Crippen molar-refractivity contribution in [2.24, 2.45) is 5.92 Å². The number of nitrogens with zero attached hydrogens (tertiary/aromatic N) is 2. The Morgan fingerprint density at radius 2 is 2.28 bits per heavy atom. The van der Waals surface area contributed by atoms with Crippen molar-refractivity contribution in [2.45, 2.75) is 19.8 Å². The second-order valence-corrected chi connectivity index (χ2v) is 5.81. The van der Waals surface area contributed by atoms with Gasteiger partial charge in [0.25, 0.3) is 0 Å². The molecule has 18 heavy (non-hydrogen) atoms. The highest BCUT2D eigenvalue weighted by molar-refractivity contribution is 7.22. The van der Waals surface area contributed by atoms with Crippen LogP contribution in [0.3, 0.4) is 0 Å². The van der Waals surface area contributed by atoms with Crippen LogP contribution in [-0.2, 0) is 0 Å². The van der Waals surface area contributed by atoms with E-state index in [2.05, 4.69) is 11.1 Å². The first-order chi connectivity index (χ1) is 8.63. The second-order valence-electron chi connectivity index (χ2n) is 4.80. The van der Waals surface area contributed by atoms with Crippen LogP contribution in [0, 0.1) is 12.8 Å². The van der Waals surface area contributed by atoms with E-state index in [0.717, 1.165) is 15.3 Å². The van der Waals surface area contributed by atoms with Crippen molar-refractivity contribution in [1.82, 2.24) is 4.98 Å². The Balaban J connectivity index is 1.87. The van der Waals surface area contributed by atoms with Crippen LogP contribution in [-0.4, -0.2) is 24.5 Å². The highest BCUT2D eigenvalue weighted by Crippen LogP contribution is 2.33. The molecule has 2 heterocycles. The van der Waals surface area contributed by atoms with E-state index in [4.69, 9.17) is 0 Å². The van der Waals surface area contributed by atoms with Gasteiger partial charge < -0.3 is 4.90 Å². The molecule has 1 aliphatic heterocycles. The normalized spacial score (nSPS) is 20.2. The third-order valence-electron chi connectivity index (χ3n) is 3.38. The fraction of sp³-hybridized carbons (Fsp3) is 0.462. The van der Waals surface area contributed by atoms with Crippen molar-refractivity contribution in [3.63, 3.8) is 0 Å². The quantitative estimate of drug-likeness (QED) is 0.825. The topological polar surface area (TPSA) is 16.1 Å². The highest BCUT2D eigenvalue weighted by atomic mass is 32.1. The molecule has 1 aliphatic rings. The maximum absolute atomic E-state index is 12.6. The summed E-state index contributed by atoms with van der Waals surface area (Å²) in [7, 11) is 0. The maximum Gasteiger partial charge on any atom is 0.243 e. The highest BCUT2D eigenvalue weighted by Gasteiger charge is 2.30. The number of rotatable bonds is 2. The van der Waals surface area contributed by atoms with Crippen molar-refractivity contribution in [3.05, 3.63) is 23.8 Å². The van der Waals surface area contributed by atoms with Gasteiger partial charge in [0.05, 0.1) is 10.2 Å². The van der Waals surface area contributed by atoms with Crippen LogP contribution in [0.2, 0.25) is 0 Å². The second kappa shape index (κ2) is 4.46. The molecule has 1 aromatic carbocycles. The molecule has 1 aromatic heterocycles. The molecule has 96 valence electrons. The number of alkyl halides is 2. The van der Waals surface area contributed by atoms with Crippen molar-refractivity contribution in [2.75, 3.05) is 18.0 Å². The molecule has 3 rings (SSSR count). The van der Waals surface area contributed by atoms with Crippen molar-refractivity contribution < 1.29 is 8.78 Å². The molecule has 5 heteroatoms. The minimum absolute atomic E-state index is 0.427. The molecule has 0 saturated carbocycles. The Kier molecular flexibility index (Phi) is 2.93. The molecular formula is C13H14F2N2S. The number of hydrogen-bond donors (Lipinski definition) is 0. The van der Waals surface area contributed by atoms with Crippen LogP contribution >= 0.6 is 11.3 Å². The Morgan fingerprint density at radius 1 is 1.44 bits per heavy atom. The lowest BCUT2D eigenvalue weighted by Crippen LogP contribution is -2.21. The summed E-state index contributed by atoms with van der Waals surface area (Å²) in [6.45, 7) is 3.16. The van der Waals surface area contributed by atoms with Gasteiger partial charge in [-0.15, -0.1) is 0 Å². The van der Waals surface area contributed by atoms with Crippen LogP contribution < -0.4 is 4.90 Å². The number of halogens is 2. The molecule has 1 fully saturated rings. The standard InChI is InChI=1S/C13H14F2N2S/c1-8-2-3-10-11(6-8)18-13(16-10)17-5-4-9(7-17)12(14)15/h2-3,6,9,12H,4-5,7H2,1H3. The van der Waals surface area contributed by atoms with Gasteiger partial charge in [0.1, 0.15) is 0 Å². The number of benzene rings is 1. The van der Waals surface area contributed by atoms with E-state index in [-0.39, 0.29) is 0 Å². The van der Waals surface area contributed by atoms with Gasteiger partial charge >= 0.3 is 0 Å². The number of anilines is 1. The Labute approximate surface area is 108 Å². The van der Waals surface area contributed by atoms with E-state index in [1.807, 2.05) is 24.0 Å². The van der Waals surface area contributed by atoms with Crippen LogP contribution in [0.5, 0.6) is 0 Å². The summed E-state index contributed by atoms with van der Waals surface area (Å²) in [4.78, 5) is 6.51. The molecule has 1 unspecified atom stereocenters. The fourth-order valence-electron chi connectivity index (χ4n) is 2.32. The predicted octanol–water partition coefficient (Wildman–Crippen LogP) is 3.70. The van der Waals surface area contributed by atoms with E-state index in [1.54, 1.807) is 11.3 Å². The molecule has 0 amide bonds. The summed E-state index contributed by atoms with van der Waals surface area (Å²) < 4.78 is 26.4. The minimum Gasteiger partial charge on any atom is -0.348 e. The number of fused-ring (bicyclic) bond motifs is 1. The van der Waals surface area contributed by atoms with Gasteiger partial charge in [-0.05, 0) is 31.0 Å². The largest absolute Gasteiger partial charge is 0.348 e. The number of aromatic nitrogens is 1. The Bertz CT molecular complexity index is 567. The minimum atomic E-state index is -2.22. The maximum atomic E-state index is 12.6. The van der Waals surface area contributed by atoms with Gasteiger partial charge in [0, 0.05) is 19.0 Å². The van der Waals surface area contributed by atoms with Crippen molar-refractivity contribution >= 4 is 26.7 Å². The number of aryl methyl sites for hydroxylation is 1. The average molecular weight is 268 g/mol. The molecule has 1 atom stereocenters. The van der Waals surface area contributed by atoms with E-state index in [1.165, 1.54) is 5.56 Å². The van der Waals surface area contributed by atoms with Gasteiger partial charge in [0.15, 0.2) is 5.13 Å². The summed E-state index contributed by atoms with van der Waals surface area (Å²) >= 11 is 1.59. The van der Waals surface area contributed by atoms with E-state index in [0.29, 0.717) is 19.5 Å². The number of thiazole rings is 1. The fourth-order valence-corrected chi connectivity index (χ4v) is 3.42. The lowest BCUT2D eigenvalue weighted by molar-refractivity contribution is 0.0880. The lowest BCUT2D eigenvalue weighted by atomic mass is 10.1. The monoisotopic (exact) mass is 268 g/mol. The third kappa shape index (κ3) is 2.07. The molecule has 0 N–H and O–H groups in total. The molecule has 0 aliphatic carbocycles. The molecule has 2 aromatic rings. The smallest absolute Gasteiger partial charge is 0.243 e. The Hall–Kier alpha value is -1.23. The molecule has 0 bridgehead atoms. The van der Waals surface area contributed by atoms with Crippen molar-refractivity contribution in [1.29, 1.82) is 0 Å². The van der Waals surface area contributed by atoms with Gasteiger partial charge in [-0.25, -0.2) is 13.8 Å². The lowest BCUT2D eigenvalue weighted by Gasteiger charge is -2.14. The van der Waals surface area contributed by atoms with Gasteiger partial charge in [-0.1, -0.05) is 17.4 Å². The van der Waals surface area contributed by atoms with Crippen molar-refractivity contribution in [3.8, 4) is 0 Å². The predicted molar refractivity (Wildman–Crippen MR) is 70.7 cm³/mol. The van der Waals surface area contributed by atoms with E-state index in [9.17, 15) is 8.78 Å². The molecule has 2 nitrogen and oxygen atoms in total. The van der Waals surface area contributed by atoms with E-state index >= 15 is 0 Å².